The number of fused-ring (bicyclic) bond motifs is 4. The molecule has 0 N–H and O–H groups in total. The molecule has 0 atom stereocenters. The highest BCUT2D eigenvalue weighted by Gasteiger charge is 2.14. The Bertz CT molecular complexity index is 2500. The van der Waals surface area contributed by atoms with Gasteiger partial charge >= 0.3 is 0 Å². The zero-order valence-electron chi connectivity index (χ0n) is 29.3. The van der Waals surface area contributed by atoms with Gasteiger partial charge in [0.15, 0.2) is 17.5 Å². The van der Waals surface area contributed by atoms with E-state index in [1.54, 1.807) is 0 Å². The lowest BCUT2D eigenvalue weighted by Gasteiger charge is -2.12. The molecule has 0 aliphatic heterocycles. The van der Waals surface area contributed by atoms with Crippen molar-refractivity contribution in [2.45, 2.75) is 33.6 Å². The Morgan fingerprint density at radius 2 is 1.27 bits per heavy atom. The highest BCUT2D eigenvalue weighted by molar-refractivity contribution is 6.14. The lowest BCUT2D eigenvalue weighted by Crippen LogP contribution is -2.01. The number of hydrogen-bond acceptors (Lipinski definition) is 4. The molecular formula is C47H40N4. The summed E-state index contributed by atoms with van der Waals surface area (Å²) in [6.45, 7) is 10.7. The fourth-order valence-corrected chi connectivity index (χ4v) is 6.26. The molecule has 248 valence electrons. The predicted octanol–water partition coefficient (Wildman–Crippen LogP) is 12.5. The van der Waals surface area contributed by atoms with E-state index in [1.807, 2.05) is 48.6 Å². The highest BCUT2D eigenvalue weighted by Crippen LogP contribution is 2.36. The lowest BCUT2D eigenvalue weighted by molar-refractivity contribution is 1.03. The van der Waals surface area contributed by atoms with Crippen LogP contribution in [0.1, 0.15) is 39.4 Å². The lowest BCUT2D eigenvalue weighted by atomic mass is 9.94. The summed E-state index contributed by atoms with van der Waals surface area (Å²) in [5.74, 6) is 1.76. The molecule has 0 bridgehead atoms. The third-order valence-electron chi connectivity index (χ3n) is 9.24. The van der Waals surface area contributed by atoms with Crippen molar-refractivity contribution in [3.63, 3.8) is 0 Å². The quantitative estimate of drug-likeness (QED) is 0.0482. The molecule has 2 heterocycles. The van der Waals surface area contributed by atoms with E-state index < -0.39 is 0 Å². The minimum absolute atomic E-state index is 0.544. The first kappa shape index (κ1) is 33.2. The first-order chi connectivity index (χ1) is 25.0. The summed E-state index contributed by atoms with van der Waals surface area (Å²) in [5, 5.41) is 4.67. The van der Waals surface area contributed by atoms with E-state index in [2.05, 4.69) is 131 Å². The van der Waals surface area contributed by atoms with Crippen LogP contribution in [-0.2, 0) is 0 Å². The summed E-state index contributed by atoms with van der Waals surface area (Å²) in [5.41, 5.74) is 9.24. The number of aromatic nitrogens is 4. The molecule has 7 rings (SSSR count). The average Bonchev–Trinajstić information content (AvgIpc) is 3.18. The molecule has 0 saturated heterocycles. The van der Waals surface area contributed by atoms with Gasteiger partial charge in [-0.25, -0.2) is 19.9 Å². The fourth-order valence-electron chi connectivity index (χ4n) is 6.26. The van der Waals surface area contributed by atoms with Crippen LogP contribution in [0.3, 0.4) is 0 Å². The van der Waals surface area contributed by atoms with Gasteiger partial charge in [-0.05, 0) is 79.3 Å². The Morgan fingerprint density at radius 1 is 0.608 bits per heavy atom. The normalized spacial score (nSPS) is 12.5. The van der Waals surface area contributed by atoms with E-state index in [0.29, 0.717) is 23.0 Å². The molecule has 4 heteroatoms. The monoisotopic (exact) mass is 660 g/mol. The second-order valence-corrected chi connectivity index (χ2v) is 12.7. The Hall–Kier alpha value is -6.26. The molecule has 0 aliphatic carbocycles. The number of benzene rings is 5. The van der Waals surface area contributed by atoms with Gasteiger partial charge in [-0.3, -0.25) is 0 Å². The maximum atomic E-state index is 5.05. The van der Waals surface area contributed by atoms with E-state index in [4.69, 9.17) is 19.9 Å². The third kappa shape index (κ3) is 7.36. The largest absolute Gasteiger partial charge is 0.248 e. The van der Waals surface area contributed by atoms with Gasteiger partial charge in [0.1, 0.15) is 0 Å². The maximum absolute atomic E-state index is 5.05. The molecular weight excluding hydrogens is 621 g/mol. The molecule has 2 aromatic heterocycles. The highest BCUT2D eigenvalue weighted by atomic mass is 15.0. The third-order valence-corrected chi connectivity index (χ3v) is 9.24. The van der Waals surface area contributed by atoms with Crippen LogP contribution in [0.5, 0.6) is 0 Å². The van der Waals surface area contributed by atoms with Gasteiger partial charge in [-0.2, -0.15) is 0 Å². The fraction of sp³-hybridized carbons (Fsp3) is 0.106. The molecule has 0 aliphatic rings. The van der Waals surface area contributed by atoms with Gasteiger partial charge < -0.3 is 0 Å². The molecule has 0 fully saturated rings. The maximum Gasteiger partial charge on any atom is 0.164 e. The van der Waals surface area contributed by atoms with Crippen molar-refractivity contribution in [3.8, 4) is 33.9 Å². The van der Waals surface area contributed by atoms with Gasteiger partial charge in [-0.1, -0.05) is 146 Å². The summed E-state index contributed by atoms with van der Waals surface area (Å²) in [7, 11) is 0. The zero-order valence-corrected chi connectivity index (χ0v) is 29.3. The molecule has 51 heavy (non-hydrogen) atoms. The van der Waals surface area contributed by atoms with E-state index >= 15 is 0 Å². The molecule has 0 amide bonds. The Morgan fingerprint density at radius 3 is 2.04 bits per heavy atom. The van der Waals surface area contributed by atoms with Crippen molar-refractivity contribution < 1.29 is 0 Å². The van der Waals surface area contributed by atoms with Crippen LogP contribution in [0.4, 0.5) is 0 Å². The topological polar surface area (TPSA) is 51.6 Å². The number of nitrogens with zero attached hydrogens (tertiary/aromatic N) is 4. The summed E-state index contributed by atoms with van der Waals surface area (Å²) in [6.07, 6.45) is 14.8. The molecule has 5 aromatic carbocycles. The van der Waals surface area contributed by atoms with Crippen LogP contribution in [0.15, 0.2) is 169 Å². The van der Waals surface area contributed by atoms with Gasteiger partial charge in [0, 0.05) is 27.5 Å². The van der Waals surface area contributed by atoms with E-state index in [-0.39, 0.29) is 0 Å². The number of rotatable bonds is 10. The van der Waals surface area contributed by atoms with Crippen LogP contribution < -0.4 is 0 Å². The van der Waals surface area contributed by atoms with Gasteiger partial charge in [-0.15, -0.1) is 0 Å². The minimum atomic E-state index is 0.544. The first-order valence-corrected chi connectivity index (χ1v) is 17.4. The SMILES string of the molecule is C=C(\C=C/C=C(C)/C(C)=C/CC/C=C/C)c1nc(-c2ccccc2)nc(-c2ccc(-c3cc4nc5ccccc5cc4c4ccccc34)cc2)n1. The summed E-state index contributed by atoms with van der Waals surface area (Å²) >= 11 is 0. The molecule has 4 nitrogen and oxygen atoms in total. The Balaban J connectivity index is 1.23. The summed E-state index contributed by atoms with van der Waals surface area (Å²) in [4.78, 5) is 19.8. The van der Waals surface area contributed by atoms with Crippen LogP contribution in [0.2, 0.25) is 0 Å². The first-order valence-electron chi connectivity index (χ1n) is 17.4. The average molecular weight is 661 g/mol. The Kier molecular flexibility index (Phi) is 9.84. The second kappa shape index (κ2) is 15.1. The van der Waals surface area contributed by atoms with E-state index in [9.17, 15) is 0 Å². The number of hydrogen-bond donors (Lipinski definition) is 0. The minimum Gasteiger partial charge on any atom is -0.248 e. The van der Waals surface area contributed by atoms with Crippen LogP contribution >= 0.6 is 0 Å². The van der Waals surface area contributed by atoms with Gasteiger partial charge in [0.25, 0.3) is 0 Å². The van der Waals surface area contributed by atoms with Crippen LogP contribution in [0.25, 0.3) is 72.1 Å². The summed E-state index contributed by atoms with van der Waals surface area (Å²) < 4.78 is 0. The molecule has 0 unspecified atom stereocenters. The molecule has 0 saturated carbocycles. The van der Waals surface area contributed by atoms with Crippen molar-refractivity contribution in [1.29, 1.82) is 0 Å². The van der Waals surface area contributed by atoms with Crippen molar-refractivity contribution >= 4 is 38.2 Å². The molecule has 0 radical (unpaired) electrons. The molecule has 0 spiro atoms. The van der Waals surface area contributed by atoms with Crippen LogP contribution in [-0.4, -0.2) is 19.9 Å². The zero-order chi connectivity index (χ0) is 35.2. The Labute approximate surface area is 300 Å². The molecule has 7 aromatic rings. The van der Waals surface area contributed by atoms with Gasteiger partial charge in [0.05, 0.1) is 11.0 Å². The standard InChI is InChI=1S/C47H40N4/c1-5-6-7-9-17-32(2)33(3)18-16-19-34(4)45-49-46(36-20-10-8-11-21-36)51-47(50-45)37-28-26-35(27-29-37)41-31-44-42(40-24-14-13-23-39(40)41)30-38-22-12-15-25-43(38)48-44/h5-6,8,10-31H,4,7,9H2,1-3H3/b6-5+,19-16-,32-17+,33-18+. The smallest absolute Gasteiger partial charge is 0.164 e. The number of pyridine rings is 1. The number of allylic oxidation sites excluding steroid dienone is 9. The van der Waals surface area contributed by atoms with Crippen molar-refractivity contribution in [1.82, 2.24) is 19.9 Å². The second-order valence-electron chi connectivity index (χ2n) is 12.7. The van der Waals surface area contributed by atoms with E-state index in [0.717, 1.165) is 56.9 Å². The number of para-hydroxylation sites is 1. The van der Waals surface area contributed by atoms with Crippen molar-refractivity contribution in [2.24, 2.45) is 0 Å². The van der Waals surface area contributed by atoms with E-state index in [1.165, 1.54) is 21.9 Å². The summed E-state index contributed by atoms with van der Waals surface area (Å²) in [6, 6.07) is 39.8. The predicted molar refractivity (Wildman–Crippen MR) is 216 cm³/mol. The van der Waals surface area contributed by atoms with Crippen LogP contribution in [0, 0.1) is 0 Å². The number of unbranched alkanes of at least 4 members (excludes halogenated alkanes) is 1. The van der Waals surface area contributed by atoms with Crippen molar-refractivity contribution in [2.75, 3.05) is 0 Å². The van der Waals surface area contributed by atoms with Crippen molar-refractivity contribution in [3.05, 3.63) is 175 Å². The van der Waals surface area contributed by atoms with Gasteiger partial charge in [0.2, 0.25) is 0 Å².